The minimum absolute atomic E-state index is 0.0584. The molecule has 1 nitrogen and oxygen atoms in total. The molecule has 0 radical (unpaired) electrons. The van der Waals surface area contributed by atoms with Crippen LogP contribution in [-0.2, 0) is 11.5 Å². The van der Waals surface area contributed by atoms with Gasteiger partial charge in [0, 0.05) is 5.33 Å². The maximum absolute atomic E-state index is 12.4. The first-order valence-electron chi connectivity index (χ1n) is 3.88. The monoisotopic (exact) mass is 323 g/mol. The Morgan fingerprint density at radius 2 is 1.94 bits per heavy atom. The first-order valence-corrected chi connectivity index (χ1v) is 5.38. The summed E-state index contributed by atoms with van der Waals surface area (Å²) < 4.78 is 61.8. The van der Waals surface area contributed by atoms with Crippen molar-refractivity contribution >= 4 is 27.5 Å². The summed E-state index contributed by atoms with van der Waals surface area (Å²) in [6.07, 6.45) is -7.92. The molecule has 0 aromatic carbocycles. The Kier molecular flexibility index (Phi) is 4.12. The van der Waals surface area contributed by atoms with E-state index in [1.165, 1.54) is 0 Å². The summed E-state index contributed by atoms with van der Waals surface area (Å²) in [4.78, 5) is 2.82. The summed E-state index contributed by atoms with van der Waals surface area (Å²) in [6.45, 7) is 0. The Hall–Kier alpha value is -0.430. The van der Waals surface area contributed by atoms with E-state index in [0.717, 1.165) is 6.07 Å². The van der Waals surface area contributed by atoms with Gasteiger partial charge in [0.2, 0.25) is 0 Å². The number of hydrogen-bond donors (Lipinski definition) is 0. The molecule has 8 heteroatoms. The lowest BCUT2D eigenvalue weighted by atomic mass is 10.2. The van der Waals surface area contributed by atoms with Gasteiger partial charge in [-0.1, -0.05) is 27.5 Å². The molecule has 0 bridgehead atoms. The molecular weight excluding hydrogens is 320 g/mol. The Bertz CT molecular complexity index is 393. The van der Waals surface area contributed by atoms with E-state index in [2.05, 4.69) is 20.9 Å². The molecule has 0 atom stereocenters. The van der Waals surface area contributed by atoms with Crippen LogP contribution in [0.2, 0.25) is 5.02 Å². The summed E-state index contributed by atoms with van der Waals surface area (Å²) in [5.74, 6) is 0. The van der Waals surface area contributed by atoms with Gasteiger partial charge in [0.25, 0.3) is 6.43 Å². The van der Waals surface area contributed by atoms with E-state index < -0.39 is 29.0 Å². The molecule has 1 rings (SSSR count). The molecule has 0 N–H and O–H groups in total. The van der Waals surface area contributed by atoms with Crippen molar-refractivity contribution in [3.63, 3.8) is 0 Å². The standard InChI is InChI=1S/C8H4BrClF5N/c9-2-3-1-4(7(11)12)16-6(5(3)10)8(13,14)15/h1,7H,2H2. The van der Waals surface area contributed by atoms with Crippen LogP contribution in [0.4, 0.5) is 22.0 Å². The topological polar surface area (TPSA) is 12.9 Å². The third kappa shape index (κ3) is 2.82. The second-order valence-corrected chi connectivity index (χ2v) is 3.74. The smallest absolute Gasteiger partial charge is 0.241 e. The highest BCUT2D eigenvalue weighted by atomic mass is 79.9. The van der Waals surface area contributed by atoms with Gasteiger partial charge >= 0.3 is 6.18 Å². The lowest BCUT2D eigenvalue weighted by Gasteiger charge is -2.12. The van der Waals surface area contributed by atoms with E-state index in [1.807, 2.05) is 0 Å². The summed E-state index contributed by atoms with van der Waals surface area (Å²) >= 11 is 8.28. The van der Waals surface area contributed by atoms with Crippen LogP contribution in [0.25, 0.3) is 0 Å². The van der Waals surface area contributed by atoms with E-state index >= 15 is 0 Å². The van der Waals surface area contributed by atoms with Gasteiger partial charge < -0.3 is 0 Å². The highest BCUT2D eigenvalue weighted by molar-refractivity contribution is 9.08. The zero-order valence-electron chi connectivity index (χ0n) is 7.45. The van der Waals surface area contributed by atoms with E-state index in [1.54, 1.807) is 0 Å². The fourth-order valence-electron chi connectivity index (χ4n) is 1.00. The predicted molar refractivity (Wildman–Crippen MR) is 51.8 cm³/mol. The molecule has 0 unspecified atom stereocenters. The van der Waals surface area contributed by atoms with Crippen LogP contribution in [0.3, 0.4) is 0 Å². The summed E-state index contributed by atoms with van der Waals surface area (Å²) in [6, 6.07) is 0.844. The van der Waals surface area contributed by atoms with Crippen molar-refractivity contribution in [2.45, 2.75) is 17.9 Å². The Morgan fingerprint density at radius 1 is 1.38 bits per heavy atom. The highest BCUT2D eigenvalue weighted by Crippen LogP contribution is 2.37. The Labute approximate surface area is 101 Å². The van der Waals surface area contributed by atoms with Crippen molar-refractivity contribution in [3.8, 4) is 0 Å². The number of alkyl halides is 6. The number of rotatable bonds is 2. The van der Waals surface area contributed by atoms with Crippen molar-refractivity contribution in [3.05, 3.63) is 28.0 Å². The minimum atomic E-state index is -4.85. The van der Waals surface area contributed by atoms with Gasteiger partial charge in [-0.15, -0.1) is 0 Å². The largest absolute Gasteiger partial charge is 0.434 e. The average molecular weight is 324 g/mol. The molecule has 1 aromatic rings. The SMILES string of the molecule is FC(F)c1cc(CBr)c(Cl)c(C(F)(F)F)n1. The zero-order valence-corrected chi connectivity index (χ0v) is 9.80. The third-order valence-corrected chi connectivity index (χ3v) is 2.71. The fourth-order valence-corrected chi connectivity index (χ4v) is 1.88. The first-order chi connectivity index (χ1) is 7.27. The van der Waals surface area contributed by atoms with Crippen molar-refractivity contribution in [2.75, 3.05) is 0 Å². The number of nitrogens with zero attached hydrogens (tertiary/aromatic N) is 1. The van der Waals surface area contributed by atoms with Gasteiger partial charge in [-0.05, 0) is 11.6 Å². The maximum Gasteiger partial charge on any atom is 0.434 e. The van der Waals surface area contributed by atoms with Gasteiger partial charge in [0.1, 0.15) is 5.69 Å². The summed E-state index contributed by atoms with van der Waals surface area (Å²) in [5.41, 5.74) is -2.49. The van der Waals surface area contributed by atoms with Crippen LogP contribution >= 0.6 is 27.5 Å². The Balaban J connectivity index is 3.42. The van der Waals surface area contributed by atoms with E-state index in [0.29, 0.717) is 0 Å². The van der Waals surface area contributed by atoms with Crippen LogP contribution < -0.4 is 0 Å². The zero-order chi connectivity index (χ0) is 12.5. The number of aromatic nitrogens is 1. The molecule has 0 amide bonds. The average Bonchev–Trinajstić information content (AvgIpc) is 2.15. The van der Waals surface area contributed by atoms with E-state index in [4.69, 9.17) is 11.6 Å². The molecule has 0 aliphatic heterocycles. The lowest BCUT2D eigenvalue weighted by Crippen LogP contribution is -2.12. The van der Waals surface area contributed by atoms with Gasteiger partial charge in [-0.3, -0.25) is 0 Å². The van der Waals surface area contributed by atoms with Gasteiger partial charge in [-0.2, -0.15) is 13.2 Å². The number of halogens is 7. The van der Waals surface area contributed by atoms with Crippen molar-refractivity contribution in [1.82, 2.24) is 4.98 Å². The second kappa shape index (κ2) is 4.83. The van der Waals surface area contributed by atoms with Crippen LogP contribution in [0, 0.1) is 0 Å². The highest BCUT2D eigenvalue weighted by Gasteiger charge is 2.37. The molecular formula is C8H4BrClF5N. The molecule has 16 heavy (non-hydrogen) atoms. The normalized spacial score (nSPS) is 12.2. The molecule has 0 spiro atoms. The molecule has 0 aliphatic carbocycles. The van der Waals surface area contributed by atoms with E-state index in [9.17, 15) is 22.0 Å². The predicted octanol–water partition coefficient (Wildman–Crippen LogP) is 4.59. The lowest BCUT2D eigenvalue weighted by molar-refractivity contribution is -0.141. The van der Waals surface area contributed by atoms with Crippen LogP contribution in [0.5, 0.6) is 0 Å². The van der Waals surface area contributed by atoms with Crippen molar-refractivity contribution in [2.24, 2.45) is 0 Å². The quantitative estimate of drug-likeness (QED) is 0.573. The summed E-state index contributed by atoms with van der Waals surface area (Å²) in [5, 5.41) is -0.717. The molecule has 90 valence electrons. The third-order valence-electron chi connectivity index (χ3n) is 1.69. The van der Waals surface area contributed by atoms with Crippen LogP contribution in [0.15, 0.2) is 6.07 Å². The van der Waals surface area contributed by atoms with Gasteiger partial charge in [0.15, 0.2) is 5.69 Å². The molecule has 1 aromatic heterocycles. The molecule has 0 saturated carbocycles. The molecule has 0 saturated heterocycles. The van der Waals surface area contributed by atoms with Crippen LogP contribution in [0.1, 0.15) is 23.4 Å². The molecule has 1 heterocycles. The second-order valence-electron chi connectivity index (χ2n) is 2.80. The molecule has 0 fully saturated rings. The van der Waals surface area contributed by atoms with Crippen molar-refractivity contribution in [1.29, 1.82) is 0 Å². The minimum Gasteiger partial charge on any atom is -0.241 e. The van der Waals surface area contributed by atoms with Gasteiger partial charge in [-0.25, -0.2) is 13.8 Å². The first kappa shape index (κ1) is 13.6. The van der Waals surface area contributed by atoms with Gasteiger partial charge in [0.05, 0.1) is 5.02 Å². The summed E-state index contributed by atoms with van der Waals surface area (Å²) in [7, 11) is 0. The number of hydrogen-bond acceptors (Lipinski definition) is 1. The molecule has 0 aliphatic rings. The maximum atomic E-state index is 12.4. The van der Waals surface area contributed by atoms with Crippen molar-refractivity contribution < 1.29 is 22.0 Å². The fraction of sp³-hybridized carbons (Fsp3) is 0.375. The Morgan fingerprint density at radius 3 is 2.31 bits per heavy atom. The number of pyridine rings is 1. The van der Waals surface area contributed by atoms with E-state index in [-0.39, 0.29) is 10.9 Å². The van der Waals surface area contributed by atoms with Crippen LogP contribution in [-0.4, -0.2) is 4.98 Å².